The lowest BCUT2D eigenvalue weighted by atomic mass is 10.1. The Balaban J connectivity index is 2.72. The molecule has 4 heteroatoms. The molecule has 0 spiro atoms. The Hall–Kier alpha value is -1.39. The summed E-state index contributed by atoms with van der Waals surface area (Å²) in [5.41, 5.74) is 6.41. The van der Waals surface area contributed by atoms with Gasteiger partial charge in [-0.2, -0.15) is 0 Å². The molecule has 0 aliphatic heterocycles. The number of carbonyl (C=O) groups is 1. The molecule has 0 radical (unpaired) electrons. The van der Waals surface area contributed by atoms with E-state index in [4.69, 9.17) is 5.73 Å². The predicted octanol–water partition coefficient (Wildman–Crippen LogP) is 1.14. The molecule has 18 heavy (non-hydrogen) atoms. The van der Waals surface area contributed by atoms with Crippen LogP contribution in [0.15, 0.2) is 30.3 Å². The summed E-state index contributed by atoms with van der Waals surface area (Å²) in [6.07, 6.45) is 0. The number of hydrogen-bond acceptors (Lipinski definition) is 3. The Morgan fingerprint density at radius 2 is 1.89 bits per heavy atom. The van der Waals surface area contributed by atoms with Gasteiger partial charge >= 0.3 is 0 Å². The first kappa shape index (κ1) is 14.7. The van der Waals surface area contributed by atoms with E-state index >= 15 is 0 Å². The zero-order chi connectivity index (χ0) is 13.4. The van der Waals surface area contributed by atoms with Crippen LogP contribution in [0.2, 0.25) is 0 Å². The second-order valence-corrected chi connectivity index (χ2v) is 4.24. The first-order chi connectivity index (χ1) is 8.69. The summed E-state index contributed by atoms with van der Waals surface area (Å²) in [5.74, 6) is -0.318. The molecule has 1 aromatic rings. The van der Waals surface area contributed by atoms with Gasteiger partial charge < -0.3 is 11.1 Å². The molecule has 4 nitrogen and oxygen atoms in total. The van der Waals surface area contributed by atoms with Crippen LogP contribution >= 0.6 is 0 Å². The Labute approximate surface area is 109 Å². The van der Waals surface area contributed by atoms with Crippen molar-refractivity contribution in [2.45, 2.75) is 19.9 Å². The van der Waals surface area contributed by atoms with E-state index in [-0.39, 0.29) is 18.5 Å². The fourth-order valence-electron chi connectivity index (χ4n) is 2.13. The normalized spacial score (nSPS) is 12.6. The average molecular weight is 249 g/mol. The SMILES string of the molecule is CCN(CC)C(CNCC(N)=O)c1ccccc1. The first-order valence-electron chi connectivity index (χ1n) is 6.47. The van der Waals surface area contributed by atoms with E-state index in [0.29, 0.717) is 0 Å². The van der Waals surface area contributed by atoms with Gasteiger partial charge in [-0.15, -0.1) is 0 Å². The molecule has 1 rings (SSSR count). The van der Waals surface area contributed by atoms with Gasteiger partial charge in [0.1, 0.15) is 0 Å². The Morgan fingerprint density at radius 1 is 1.28 bits per heavy atom. The Morgan fingerprint density at radius 3 is 2.39 bits per heavy atom. The van der Waals surface area contributed by atoms with Crippen molar-refractivity contribution in [2.75, 3.05) is 26.2 Å². The van der Waals surface area contributed by atoms with E-state index in [1.165, 1.54) is 5.56 Å². The van der Waals surface area contributed by atoms with E-state index in [2.05, 4.69) is 36.2 Å². The minimum Gasteiger partial charge on any atom is -0.369 e. The molecule has 1 atom stereocenters. The summed E-state index contributed by atoms with van der Waals surface area (Å²) in [7, 11) is 0. The van der Waals surface area contributed by atoms with Crippen LogP contribution in [0.3, 0.4) is 0 Å². The van der Waals surface area contributed by atoms with E-state index in [1.807, 2.05) is 18.2 Å². The largest absolute Gasteiger partial charge is 0.369 e. The highest BCUT2D eigenvalue weighted by atomic mass is 16.1. The van der Waals surface area contributed by atoms with Crippen LogP contribution in [0.25, 0.3) is 0 Å². The van der Waals surface area contributed by atoms with Gasteiger partial charge in [0.15, 0.2) is 0 Å². The summed E-state index contributed by atoms with van der Waals surface area (Å²) in [6.45, 7) is 7.21. The summed E-state index contributed by atoms with van der Waals surface area (Å²) < 4.78 is 0. The second-order valence-electron chi connectivity index (χ2n) is 4.24. The lowest BCUT2D eigenvalue weighted by Crippen LogP contribution is -2.38. The summed E-state index contributed by atoms with van der Waals surface area (Å²) in [6, 6.07) is 10.6. The van der Waals surface area contributed by atoms with Crippen molar-refractivity contribution < 1.29 is 4.79 Å². The van der Waals surface area contributed by atoms with Gasteiger partial charge in [0.2, 0.25) is 5.91 Å². The van der Waals surface area contributed by atoms with E-state index < -0.39 is 0 Å². The summed E-state index contributed by atoms with van der Waals surface area (Å²) >= 11 is 0. The monoisotopic (exact) mass is 249 g/mol. The van der Waals surface area contributed by atoms with Crippen LogP contribution in [-0.2, 0) is 4.79 Å². The number of hydrogen-bond donors (Lipinski definition) is 2. The molecule has 0 aliphatic rings. The third-order valence-electron chi connectivity index (χ3n) is 3.07. The molecule has 0 aliphatic carbocycles. The van der Waals surface area contributed by atoms with Crippen molar-refractivity contribution in [1.29, 1.82) is 0 Å². The van der Waals surface area contributed by atoms with Crippen molar-refractivity contribution in [1.82, 2.24) is 10.2 Å². The molecule has 3 N–H and O–H groups in total. The molecular formula is C14H23N3O. The van der Waals surface area contributed by atoms with Crippen molar-refractivity contribution in [3.8, 4) is 0 Å². The number of primary amides is 1. The highest BCUT2D eigenvalue weighted by Crippen LogP contribution is 2.19. The molecule has 1 aromatic carbocycles. The first-order valence-corrected chi connectivity index (χ1v) is 6.47. The molecule has 0 saturated heterocycles. The molecular weight excluding hydrogens is 226 g/mol. The van der Waals surface area contributed by atoms with Gasteiger partial charge in [-0.1, -0.05) is 44.2 Å². The third kappa shape index (κ3) is 4.47. The van der Waals surface area contributed by atoms with Crippen LogP contribution in [0.5, 0.6) is 0 Å². The van der Waals surface area contributed by atoms with Gasteiger partial charge in [0, 0.05) is 12.6 Å². The molecule has 1 unspecified atom stereocenters. The van der Waals surface area contributed by atoms with Gasteiger partial charge in [-0.3, -0.25) is 9.69 Å². The molecule has 0 heterocycles. The van der Waals surface area contributed by atoms with Crippen LogP contribution < -0.4 is 11.1 Å². The second kappa shape index (κ2) is 7.84. The minimum absolute atomic E-state index is 0.227. The topological polar surface area (TPSA) is 58.4 Å². The van der Waals surface area contributed by atoms with Crippen LogP contribution in [0.1, 0.15) is 25.5 Å². The quantitative estimate of drug-likeness (QED) is 0.726. The number of carbonyl (C=O) groups excluding carboxylic acids is 1. The minimum atomic E-state index is -0.318. The molecule has 0 bridgehead atoms. The maximum atomic E-state index is 10.8. The van der Waals surface area contributed by atoms with E-state index in [0.717, 1.165) is 19.6 Å². The van der Waals surface area contributed by atoms with Crippen molar-refractivity contribution in [3.63, 3.8) is 0 Å². The highest BCUT2D eigenvalue weighted by Gasteiger charge is 2.17. The Bertz CT molecular complexity index is 349. The van der Waals surface area contributed by atoms with E-state index in [9.17, 15) is 4.79 Å². The molecule has 1 amide bonds. The molecule has 0 fully saturated rings. The zero-order valence-corrected chi connectivity index (χ0v) is 11.2. The van der Waals surface area contributed by atoms with Crippen LogP contribution in [0, 0.1) is 0 Å². The Kier molecular flexibility index (Phi) is 6.39. The number of rotatable bonds is 8. The standard InChI is InChI=1S/C14H23N3O/c1-3-17(4-2)13(10-16-11-14(15)18)12-8-6-5-7-9-12/h5-9,13,16H,3-4,10-11H2,1-2H3,(H2,15,18). The number of nitrogens with two attached hydrogens (primary N) is 1. The number of benzene rings is 1. The average Bonchev–Trinajstić information content (AvgIpc) is 2.39. The van der Waals surface area contributed by atoms with Crippen molar-refractivity contribution >= 4 is 5.91 Å². The fourth-order valence-corrected chi connectivity index (χ4v) is 2.13. The van der Waals surface area contributed by atoms with Gasteiger partial charge in [-0.25, -0.2) is 0 Å². The molecule has 100 valence electrons. The molecule has 0 aromatic heterocycles. The highest BCUT2D eigenvalue weighted by molar-refractivity contribution is 5.75. The zero-order valence-electron chi connectivity index (χ0n) is 11.2. The maximum Gasteiger partial charge on any atom is 0.231 e. The van der Waals surface area contributed by atoms with E-state index in [1.54, 1.807) is 0 Å². The van der Waals surface area contributed by atoms with Crippen LogP contribution in [-0.4, -0.2) is 37.0 Å². The van der Waals surface area contributed by atoms with Crippen molar-refractivity contribution in [2.24, 2.45) is 5.73 Å². The van der Waals surface area contributed by atoms with Gasteiger partial charge in [0.05, 0.1) is 6.54 Å². The number of likely N-dealkylation sites (N-methyl/N-ethyl adjacent to an activating group) is 1. The smallest absolute Gasteiger partial charge is 0.231 e. The number of amides is 1. The lowest BCUT2D eigenvalue weighted by molar-refractivity contribution is -0.117. The van der Waals surface area contributed by atoms with Gasteiger partial charge in [-0.05, 0) is 18.7 Å². The fraction of sp³-hybridized carbons (Fsp3) is 0.500. The number of nitrogens with zero attached hydrogens (tertiary/aromatic N) is 1. The number of nitrogens with one attached hydrogen (secondary N) is 1. The van der Waals surface area contributed by atoms with Crippen molar-refractivity contribution in [3.05, 3.63) is 35.9 Å². The lowest BCUT2D eigenvalue weighted by Gasteiger charge is -2.30. The third-order valence-corrected chi connectivity index (χ3v) is 3.07. The van der Waals surface area contributed by atoms with Gasteiger partial charge in [0.25, 0.3) is 0 Å². The predicted molar refractivity (Wildman–Crippen MR) is 74.2 cm³/mol. The molecule has 0 saturated carbocycles. The summed E-state index contributed by atoms with van der Waals surface area (Å²) in [4.78, 5) is 13.1. The summed E-state index contributed by atoms with van der Waals surface area (Å²) in [5, 5.41) is 3.12. The maximum absolute atomic E-state index is 10.8. The van der Waals surface area contributed by atoms with Crippen LogP contribution in [0.4, 0.5) is 0 Å².